The lowest BCUT2D eigenvalue weighted by Crippen LogP contribution is -2.54. The van der Waals surface area contributed by atoms with Crippen LogP contribution in [0.3, 0.4) is 0 Å². The van der Waals surface area contributed by atoms with E-state index >= 15 is 0 Å². The Bertz CT molecular complexity index is 734. The van der Waals surface area contributed by atoms with Crippen molar-refractivity contribution in [1.29, 1.82) is 0 Å². The Balaban J connectivity index is 1.47. The number of sulfonamides is 1. The maximum Gasteiger partial charge on any atom is 0.252 e. The molecule has 2 aliphatic rings. The lowest BCUT2D eigenvalue weighted by molar-refractivity contribution is -0.139. The van der Waals surface area contributed by atoms with Crippen LogP contribution in [0.4, 0.5) is 0 Å². The summed E-state index contributed by atoms with van der Waals surface area (Å²) in [5, 5.41) is 1.76. The van der Waals surface area contributed by atoms with E-state index in [-0.39, 0.29) is 11.8 Å². The van der Waals surface area contributed by atoms with Crippen molar-refractivity contribution in [1.82, 2.24) is 19.0 Å². The minimum Gasteiger partial charge on any atom is -0.339 e. The van der Waals surface area contributed by atoms with Gasteiger partial charge in [0.2, 0.25) is 11.8 Å². The molecule has 3 heterocycles. The molecule has 2 saturated heterocycles. The molecule has 144 valence electrons. The second-order valence-corrected chi connectivity index (χ2v) is 9.61. The van der Waals surface area contributed by atoms with E-state index in [2.05, 4.69) is 0 Å². The van der Waals surface area contributed by atoms with E-state index in [1.807, 2.05) is 4.90 Å². The average Bonchev–Trinajstić information content (AvgIpc) is 3.18. The molecule has 1 aromatic heterocycles. The number of piperazine rings is 2. The normalized spacial score (nSPS) is 20.3. The van der Waals surface area contributed by atoms with E-state index in [9.17, 15) is 18.0 Å². The van der Waals surface area contributed by atoms with Crippen LogP contribution in [0.5, 0.6) is 0 Å². The second-order valence-electron chi connectivity index (χ2n) is 6.50. The molecular formula is C16H24N4O4S2. The minimum absolute atomic E-state index is 0.0418. The lowest BCUT2D eigenvalue weighted by atomic mass is 10.3. The van der Waals surface area contributed by atoms with Crippen LogP contribution in [0.25, 0.3) is 0 Å². The van der Waals surface area contributed by atoms with Gasteiger partial charge < -0.3 is 9.80 Å². The highest BCUT2D eigenvalue weighted by Gasteiger charge is 2.30. The zero-order chi connectivity index (χ0) is 18.7. The molecule has 26 heavy (non-hydrogen) atoms. The van der Waals surface area contributed by atoms with Crippen molar-refractivity contribution in [2.75, 3.05) is 58.9 Å². The summed E-state index contributed by atoms with van der Waals surface area (Å²) in [6.07, 6.45) is 0. The Kier molecular flexibility index (Phi) is 5.96. The van der Waals surface area contributed by atoms with Crippen molar-refractivity contribution in [3.8, 4) is 0 Å². The predicted octanol–water partition coefficient (Wildman–Crippen LogP) is -0.255. The third-order valence-electron chi connectivity index (χ3n) is 4.86. The van der Waals surface area contributed by atoms with Gasteiger partial charge in [-0.05, 0) is 11.4 Å². The fourth-order valence-corrected chi connectivity index (χ4v) is 5.79. The zero-order valence-electron chi connectivity index (χ0n) is 14.8. The van der Waals surface area contributed by atoms with Gasteiger partial charge in [0.25, 0.3) is 10.0 Å². The highest BCUT2D eigenvalue weighted by Crippen LogP contribution is 2.22. The molecule has 1 aromatic rings. The van der Waals surface area contributed by atoms with Gasteiger partial charge in [-0.2, -0.15) is 4.31 Å². The Labute approximate surface area is 158 Å². The SMILES string of the molecule is CC(=O)N1CCN(C(=O)CN2CCN(S(=O)(=O)c3cccs3)CC2)CC1. The lowest BCUT2D eigenvalue weighted by Gasteiger charge is -2.37. The van der Waals surface area contributed by atoms with Crippen molar-refractivity contribution in [3.05, 3.63) is 17.5 Å². The van der Waals surface area contributed by atoms with Crippen LogP contribution in [0.1, 0.15) is 6.92 Å². The fraction of sp³-hybridized carbons (Fsp3) is 0.625. The van der Waals surface area contributed by atoms with E-state index in [4.69, 9.17) is 0 Å². The number of carbonyl (C=O) groups is 2. The molecule has 0 radical (unpaired) electrons. The first-order valence-corrected chi connectivity index (χ1v) is 11.0. The van der Waals surface area contributed by atoms with E-state index in [0.717, 1.165) is 0 Å². The van der Waals surface area contributed by atoms with Gasteiger partial charge in [0.1, 0.15) is 4.21 Å². The first kappa shape index (κ1) is 19.3. The maximum absolute atomic E-state index is 12.5. The Morgan fingerprint density at radius 1 is 1.00 bits per heavy atom. The van der Waals surface area contributed by atoms with Gasteiger partial charge in [0, 0.05) is 59.3 Å². The monoisotopic (exact) mass is 400 g/mol. The summed E-state index contributed by atoms with van der Waals surface area (Å²) in [5.41, 5.74) is 0. The highest BCUT2D eigenvalue weighted by atomic mass is 32.2. The van der Waals surface area contributed by atoms with Crippen molar-refractivity contribution in [3.63, 3.8) is 0 Å². The van der Waals surface area contributed by atoms with Gasteiger partial charge in [-0.3, -0.25) is 14.5 Å². The average molecular weight is 401 g/mol. The zero-order valence-corrected chi connectivity index (χ0v) is 16.5. The topological polar surface area (TPSA) is 81.2 Å². The molecule has 2 aliphatic heterocycles. The fourth-order valence-electron chi connectivity index (χ4n) is 3.23. The Morgan fingerprint density at radius 3 is 2.15 bits per heavy atom. The van der Waals surface area contributed by atoms with Crippen LogP contribution in [0.15, 0.2) is 21.7 Å². The number of carbonyl (C=O) groups excluding carboxylic acids is 2. The maximum atomic E-state index is 12.5. The van der Waals surface area contributed by atoms with Crippen LogP contribution in [0, 0.1) is 0 Å². The van der Waals surface area contributed by atoms with Crippen LogP contribution in [0.2, 0.25) is 0 Å². The van der Waals surface area contributed by atoms with Gasteiger partial charge in [-0.15, -0.1) is 11.3 Å². The number of hydrogen-bond donors (Lipinski definition) is 0. The van der Waals surface area contributed by atoms with Crippen molar-refractivity contribution in [2.24, 2.45) is 0 Å². The molecule has 0 aliphatic carbocycles. The van der Waals surface area contributed by atoms with Gasteiger partial charge in [0.15, 0.2) is 0 Å². The highest BCUT2D eigenvalue weighted by molar-refractivity contribution is 7.91. The van der Waals surface area contributed by atoms with E-state index in [0.29, 0.717) is 63.1 Å². The van der Waals surface area contributed by atoms with E-state index in [1.165, 1.54) is 15.6 Å². The second kappa shape index (κ2) is 8.03. The van der Waals surface area contributed by atoms with Gasteiger partial charge >= 0.3 is 0 Å². The third kappa shape index (κ3) is 4.25. The molecule has 0 aromatic carbocycles. The quantitative estimate of drug-likeness (QED) is 0.696. The summed E-state index contributed by atoms with van der Waals surface area (Å²) < 4.78 is 26.9. The van der Waals surface area contributed by atoms with Gasteiger partial charge in [-0.1, -0.05) is 6.07 Å². The first-order valence-electron chi connectivity index (χ1n) is 8.67. The van der Waals surface area contributed by atoms with Crippen LogP contribution in [-0.2, 0) is 19.6 Å². The molecule has 8 nitrogen and oxygen atoms in total. The number of thiophene rings is 1. The van der Waals surface area contributed by atoms with Gasteiger partial charge in [0.05, 0.1) is 6.54 Å². The van der Waals surface area contributed by atoms with E-state index in [1.54, 1.807) is 34.2 Å². The summed E-state index contributed by atoms with van der Waals surface area (Å²) in [4.78, 5) is 29.3. The summed E-state index contributed by atoms with van der Waals surface area (Å²) in [6, 6.07) is 3.36. The Morgan fingerprint density at radius 2 is 1.62 bits per heavy atom. The molecule has 2 fully saturated rings. The molecule has 0 spiro atoms. The summed E-state index contributed by atoms with van der Waals surface area (Å²) >= 11 is 1.22. The largest absolute Gasteiger partial charge is 0.339 e. The molecule has 0 saturated carbocycles. The molecule has 2 amide bonds. The molecule has 0 unspecified atom stereocenters. The standard InChI is InChI=1S/C16H24N4O4S2/c1-14(21)18-6-8-19(9-7-18)15(22)13-17-4-10-20(11-5-17)26(23,24)16-3-2-12-25-16/h2-3,12H,4-11,13H2,1H3. The predicted molar refractivity (Wildman–Crippen MR) is 98.4 cm³/mol. The molecular weight excluding hydrogens is 376 g/mol. The molecule has 0 bridgehead atoms. The third-order valence-corrected chi connectivity index (χ3v) is 8.13. The van der Waals surface area contributed by atoms with Crippen LogP contribution >= 0.6 is 11.3 Å². The number of nitrogens with zero attached hydrogens (tertiary/aromatic N) is 4. The summed E-state index contributed by atoms with van der Waals surface area (Å²) in [6.45, 7) is 6.00. The number of amides is 2. The summed E-state index contributed by atoms with van der Waals surface area (Å²) in [5.74, 6) is 0.0861. The van der Waals surface area contributed by atoms with Crippen molar-refractivity contribution >= 4 is 33.2 Å². The molecule has 0 N–H and O–H groups in total. The Hall–Kier alpha value is -1.49. The van der Waals surface area contributed by atoms with Gasteiger partial charge in [-0.25, -0.2) is 8.42 Å². The van der Waals surface area contributed by atoms with Crippen LogP contribution < -0.4 is 0 Å². The number of rotatable bonds is 4. The van der Waals surface area contributed by atoms with Crippen LogP contribution in [-0.4, -0.2) is 98.1 Å². The van der Waals surface area contributed by atoms with Crippen molar-refractivity contribution < 1.29 is 18.0 Å². The molecule has 10 heteroatoms. The minimum atomic E-state index is -3.41. The summed E-state index contributed by atoms with van der Waals surface area (Å²) in [7, 11) is -3.41. The first-order chi connectivity index (χ1) is 12.4. The smallest absolute Gasteiger partial charge is 0.252 e. The van der Waals surface area contributed by atoms with E-state index < -0.39 is 10.0 Å². The molecule has 3 rings (SSSR count). The molecule has 0 atom stereocenters. The number of hydrogen-bond acceptors (Lipinski definition) is 6. The van der Waals surface area contributed by atoms with Crippen molar-refractivity contribution in [2.45, 2.75) is 11.1 Å².